The van der Waals surface area contributed by atoms with Crippen molar-refractivity contribution in [3.05, 3.63) is 22.7 Å². The molecule has 0 N–H and O–H groups in total. The number of Topliss-reactive ketones (excluding diaryl/α,β-unsaturated/α-hetero) is 1. The van der Waals surface area contributed by atoms with Crippen LogP contribution in [0.15, 0.2) is 22.7 Å². The molecule has 0 aromatic rings. The van der Waals surface area contributed by atoms with Crippen LogP contribution < -0.4 is 0 Å². The van der Waals surface area contributed by atoms with E-state index < -0.39 is 0 Å². The van der Waals surface area contributed by atoms with E-state index in [4.69, 9.17) is 0 Å². The number of hydrogen-bond acceptors (Lipinski definition) is 1. The second-order valence-electron chi connectivity index (χ2n) is 3.10. The Morgan fingerprint density at radius 3 is 2.73 bits per heavy atom. The first-order valence-electron chi connectivity index (χ1n) is 3.60. The fraction of sp³-hybridized carbons (Fsp3) is 0.444. The molecule has 0 radical (unpaired) electrons. The van der Waals surface area contributed by atoms with Gasteiger partial charge in [-0.25, -0.2) is 0 Å². The van der Waals surface area contributed by atoms with E-state index in [9.17, 15) is 4.79 Å². The predicted molar refractivity (Wildman–Crippen MR) is 49.6 cm³/mol. The minimum absolute atomic E-state index is 0.227. The molecule has 0 spiro atoms. The SMILES string of the molecule is CC(=O)[C@@]1(C)C=CC(Br)=CC1. The number of carbonyl (C=O) groups is 1. The molecule has 0 amide bonds. The standard InChI is InChI=1S/C9H11BrO/c1-7(11)9(2)5-3-8(10)4-6-9/h3-5H,6H2,1-2H3/t9-/m0/s1. The zero-order valence-electron chi connectivity index (χ0n) is 6.73. The summed E-state index contributed by atoms with van der Waals surface area (Å²) in [7, 11) is 0. The third-order valence-electron chi connectivity index (χ3n) is 2.14. The van der Waals surface area contributed by atoms with Crippen LogP contribution in [-0.4, -0.2) is 5.78 Å². The van der Waals surface area contributed by atoms with Gasteiger partial charge < -0.3 is 0 Å². The second kappa shape index (κ2) is 2.94. The summed E-state index contributed by atoms with van der Waals surface area (Å²) in [6.45, 7) is 3.60. The molecule has 0 aromatic heterocycles. The molecule has 2 heteroatoms. The molecule has 1 aliphatic carbocycles. The summed E-state index contributed by atoms with van der Waals surface area (Å²) >= 11 is 3.35. The quantitative estimate of drug-likeness (QED) is 0.657. The van der Waals surface area contributed by atoms with Crippen molar-refractivity contribution in [3.8, 4) is 0 Å². The van der Waals surface area contributed by atoms with E-state index in [-0.39, 0.29) is 11.2 Å². The molecular formula is C9H11BrO. The van der Waals surface area contributed by atoms with Crippen LogP contribution in [0.3, 0.4) is 0 Å². The van der Waals surface area contributed by atoms with E-state index in [1.807, 2.05) is 25.2 Å². The molecule has 1 aliphatic rings. The molecular weight excluding hydrogens is 204 g/mol. The van der Waals surface area contributed by atoms with Gasteiger partial charge in [0.25, 0.3) is 0 Å². The molecule has 0 fully saturated rings. The monoisotopic (exact) mass is 214 g/mol. The average Bonchev–Trinajstić information content (AvgIpc) is 1.95. The molecule has 1 atom stereocenters. The first-order valence-corrected chi connectivity index (χ1v) is 4.40. The maximum atomic E-state index is 11.1. The van der Waals surface area contributed by atoms with E-state index >= 15 is 0 Å². The Hall–Kier alpha value is -0.370. The Bertz CT molecular complexity index is 240. The molecule has 0 bridgehead atoms. The Kier molecular flexibility index (Phi) is 2.33. The Labute approximate surface area is 75.3 Å². The third-order valence-corrected chi connectivity index (χ3v) is 2.72. The van der Waals surface area contributed by atoms with Crippen LogP contribution in [0.25, 0.3) is 0 Å². The fourth-order valence-electron chi connectivity index (χ4n) is 0.970. The summed E-state index contributed by atoms with van der Waals surface area (Å²) in [5.41, 5.74) is -0.267. The van der Waals surface area contributed by atoms with E-state index in [1.54, 1.807) is 6.92 Å². The van der Waals surface area contributed by atoms with Crippen molar-refractivity contribution in [2.75, 3.05) is 0 Å². The molecule has 0 heterocycles. The number of allylic oxidation sites excluding steroid dienone is 4. The van der Waals surface area contributed by atoms with Crippen molar-refractivity contribution < 1.29 is 4.79 Å². The number of ketones is 1. The smallest absolute Gasteiger partial charge is 0.139 e. The number of rotatable bonds is 1. The van der Waals surface area contributed by atoms with Crippen LogP contribution in [-0.2, 0) is 4.79 Å². The van der Waals surface area contributed by atoms with Gasteiger partial charge in [-0.3, -0.25) is 4.79 Å². The number of halogens is 1. The van der Waals surface area contributed by atoms with E-state index in [1.165, 1.54) is 0 Å². The normalized spacial score (nSPS) is 29.9. The van der Waals surface area contributed by atoms with Crippen LogP contribution >= 0.6 is 15.9 Å². The van der Waals surface area contributed by atoms with Gasteiger partial charge in [0, 0.05) is 9.90 Å². The van der Waals surface area contributed by atoms with Gasteiger partial charge in [-0.1, -0.05) is 34.2 Å². The van der Waals surface area contributed by atoms with Crippen molar-refractivity contribution in [3.63, 3.8) is 0 Å². The zero-order valence-corrected chi connectivity index (χ0v) is 8.31. The zero-order chi connectivity index (χ0) is 8.48. The summed E-state index contributed by atoms with van der Waals surface area (Å²) in [5, 5.41) is 0. The van der Waals surface area contributed by atoms with Crippen LogP contribution in [0.1, 0.15) is 20.3 Å². The lowest BCUT2D eigenvalue weighted by atomic mass is 9.80. The molecule has 0 aromatic carbocycles. The van der Waals surface area contributed by atoms with Gasteiger partial charge >= 0.3 is 0 Å². The van der Waals surface area contributed by atoms with Gasteiger partial charge in [-0.2, -0.15) is 0 Å². The molecule has 60 valence electrons. The highest BCUT2D eigenvalue weighted by Gasteiger charge is 2.26. The van der Waals surface area contributed by atoms with Crippen molar-refractivity contribution in [1.82, 2.24) is 0 Å². The average molecular weight is 215 g/mol. The van der Waals surface area contributed by atoms with Gasteiger partial charge in [0.05, 0.1) is 0 Å². The van der Waals surface area contributed by atoms with E-state index in [0.29, 0.717) is 0 Å². The molecule has 0 saturated carbocycles. The van der Waals surface area contributed by atoms with Crippen LogP contribution in [0.5, 0.6) is 0 Å². The highest BCUT2D eigenvalue weighted by molar-refractivity contribution is 9.11. The van der Waals surface area contributed by atoms with Gasteiger partial charge in [0.2, 0.25) is 0 Å². The highest BCUT2D eigenvalue weighted by atomic mass is 79.9. The first kappa shape index (κ1) is 8.72. The minimum Gasteiger partial charge on any atom is -0.299 e. The maximum absolute atomic E-state index is 11.1. The summed E-state index contributed by atoms with van der Waals surface area (Å²) in [6.07, 6.45) is 6.73. The number of hydrogen-bond donors (Lipinski definition) is 0. The highest BCUT2D eigenvalue weighted by Crippen LogP contribution is 2.31. The molecule has 11 heavy (non-hydrogen) atoms. The van der Waals surface area contributed by atoms with Crippen molar-refractivity contribution in [1.29, 1.82) is 0 Å². The lowest BCUT2D eigenvalue weighted by Crippen LogP contribution is -2.23. The maximum Gasteiger partial charge on any atom is 0.139 e. The third kappa shape index (κ3) is 1.80. The van der Waals surface area contributed by atoms with E-state index in [0.717, 1.165) is 10.9 Å². The topological polar surface area (TPSA) is 17.1 Å². The number of carbonyl (C=O) groups excluding carboxylic acids is 1. The van der Waals surface area contributed by atoms with E-state index in [2.05, 4.69) is 15.9 Å². The van der Waals surface area contributed by atoms with Gasteiger partial charge in [0.15, 0.2) is 0 Å². The Balaban J connectivity index is 2.82. The fourth-order valence-corrected chi connectivity index (χ4v) is 1.26. The molecule has 0 saturated heterocycles. The molecule has 0 unspecified atom stereocenters. The predicted octanol–water partition coefficient (Wildman–Crippen LogP) is 2.82. The summed E-state index contributed by atoms with van der Waals surface area (Å²) in [4.78, 5) is 11.1. The molecule has 1 nitrogen and oxygen atoms in total. The Morgan fingerprint density at radius 1 is 1.73 bits per heavy atom. The summed E-state index contributed by atoms with van der Waals surface area (Å²) in [6, 6.07) is 0. The first-order chi connectivity index (χ1) is 5.04. The van der Waals surface area contributed by atoms with Gasteiger partial charge in [-0.15, -0.1) is 0 Å². The molecule has 1 rings (SSSR count). The van der Waals surface area contributed by atoms with Crippen molar-refractivity contribution in [2.45, 2.75) is 20.3 Å². The minimum atomic E-state index is -0.267. The lowest BCUT2D eigenvalue weighted by Gasteiger charge is -2.23. The summed E-state index contributed by atoms with van der Waals surface area (Å²) in [5.74, 6) is 0.227. The van der Waals surface area contributed by atoms with Crippen molar-refractivity contribution >= 4 is 21.7 Å². The van der Waals surface area contributed by atoms with Crippen LogP contribution in [0.2, 0.25) is 0 Å². The summed E-state index contributed by atoms with van der Waals surface area (Å²) < 4.78 is 1.07. The van der Waals surface area contributed by atoms with Crippen LogP contribution in [0.4, 0.5) is 0 Å². The Morgan fingerprint density at radius 2 is 2.36 bits per heavy atom. The van der Waals surface area contributed by atoms with Gasteiger partial charge in [-0.05, 0) is 20.3 Å². The van der Waals surface area contributed by atoms with Gasteiger partial charge in [0.1, 0.15) is 5.78 Å². The lowest BCUT2D eigenvalue weighted by molar-refractivity contribution is -0.123. The second-order valence-corrected chi connectivity index (χ2v) is 4.02. The van der Waals surface area contributed by atoms with Crippen LogP contribution in [0, 0.1) is 5.41 Å². The van der Waals surface area contributed by atoms with Crippen molar-refractivity contribution in [2.24, 2.45) is 5.41 Å². The molecule has 0 aliphatic heterocycles. The largest absolute Gasteiger partial charge is 0.299 e.